The lowest BCUT2D eigenvalue weighted by atomic mass is 10.3. The van der Waals surface area contributed by atoms with Crippen LogP contribution in [0, 0.1) is 0 Å². The Balaban J connectivity index is 2.36. The van der Waals surface area contributed by atoms with Crippen molar-refractivity contribution >= 4 is 29.2 Å². The molecule has 1 aromatic carbocycles. The molecule has 0 fully saturated rings. The van der Waals surface area contributed by atoms with Crippen molar-refractivity contribution in [3.8, 4) is 0 Å². The Morgan fingerprint density at radius 2 is 2.42 bits per heavy atom. The molecule has 0 aliphatic carbocycles. The van der Waals surface area contributed by atoms with Gasteiger partial charge in [0.05, 0.1) is 0 Å². The molecule has 0 amide bonds. The monoisotopic (exact) mass is 197 g/mol. The van der Waals surface area contributed by atoms with E-state index in [-0.39, 0.29) is 0 Å². The van der Waals surface area contributed by atoms with Gasteiger partial charge in [-0.2, -0.15) is 0 Å². The number of thioether (sulfide) groups is 2. The van der Waals surface area contributed by atoms with Crippen molar-refractivity contribution in [1.29, 1.82) is 0 Å². The molecular formula is C9H11NS2. The summed E-state index contributed by atoms with van der Waals surface area (Å²) in [5.74, 6) is 1.19. The van der Waals surface area contributed by atoms with Crippen LogP contribution in [0.2, 0.25) is 0 Å². The van der Waals surface area contributed by atoms with Crippen LogP contribution in [0.25, 0.3) is 0 Å². The minimum atomic E-state index is 1.09. The van der Waals surface area contributed by atoms with E-state index in [1.165, 1.54) is 21.2 Å². The minimum absolute atomic E-state index is 1.09. The first-order valence-electron chi connectivity index (χ1n) is 3.95. The summed E-state index contributed by atoms with van der Waals surface area (Å²) in [4.78, 5) is 2.72. The molecule has 0 spiro atoms. The highest BCUT2D eigenvalue weighted by atomic mass is 32.2. The van der Waals surface area contributed by atoms with Gasteiger partial charge in [0.1, 0.15) is 0 Å². The molecule has 0 aromatic heterocycles. The maximum atomic E-state index is 3.40. The number of anilines is 1. The van der Waals surface area contributed by atoms with Gasteiger partial charge >= 0.3 is 0 Å². The zero-order valence-electron chi connectivity index (χ0n) is 6.96. The summed E-state index contributed by atoms with van der Waals surface area (Å²) in [7, 11) is 0. The molecule has 1 aliphatic rings. The average Bonchev–Trinajstić information content (AvgIpc) is 2.17. The van der Waals surface area contributed by atoms with Crippen molar-refractivity contribution in [2.45, 2.75) is 9.79 Å². The van der Waals surface area contributed by atoms with Gasteiger partial charge in [0.25, 0.3) is 0 Å². The highest BCUT2D eigenvalue weighted by molar-refractivity contribution is 7.99. The lowest BCUT2D eigenvalue weighted by molar-refractivity contribution is 1.15. The lowest BCUT2D eigenvalue weighted by Gasteiger charge is -2.17. The summed E-state index contributed by atoms with van der Waals surface area (Å²) < 4.78 is 0. The quantitative estimate of drug-likeness (QED) is 0.695. The van der Waals surface area contributed by atoms with E-state index in [4.69, 9.17) is 0 Å². The summed E-state index contributed by atoms with van der Waals surface area (Å²) in [5.41, 5.74) is 1.30. The third kappa shape index (κ3) is 1.57. The fourth-order valence-corrected chi connectivity index (χ4v) is 2.56. The van der Waals surface area contributed by atoms with Crippen LogP contribution in [-0.2, 0) is 0 Å². The minimum Gasteiger partial charge on any atom is -0.383 e. The summed E-state index contributed by atoms with van der Waals surface area (Å²) in [6.45, 7) is 1.09. The normalized spacial score (nSPS) is 15.1. The smallest absolute Gasteiger partial charge is 0.0489 e. The van der Waals surface area contributed by atoms with Gasteiger partial charge in [0, 0.05) is 27.8 Å². The van der Waals surface area contributed by atoms with E-state index < -0.39 is 0 Å². The van der Waals surface area contributed by atoms with Crippen molar-refractivity contribution < 1.29 is 0 Å². The molecule has 0 saturated heterocycles. The SMILES string of the molecule is CSc1ccc2c(c1)NCCS2. The Kier molecular flexibility index (Phi) is 2.51. The molecule has 0 radical (unpaired) electrons. The van der Waals surface area contributed by atoms with Gasteiger partial charge in [0.2, 0.25) is 0 Å². The first kappa shape index (κ1) is 8.32. The molecule has 1 N–H and O–H groups in total. The van der Waals surface area contributed by atoms with E-state index in [2.05, 4.69) is 29.8 Å². The van der Waals surface area contributed by atoms with Crippen molar-refractivity contribution in [2.75, 3.05) is 23.9 Å². The van der Waals surface area contributed by atoms with Gasteiger partial charge in [-0.1, -0.05) is 0 Å². The highest BCUT2D eigenvalue weighted by Crippen LogP contribution is 2.33. The van der Waals surface area contributed by atoms with Crippen molar-refractivity contribution in [2.24, 2.45) is 0 Å². The fourth-order valence-electron chi connectivity index (χ4n) is 1.25. The Morgan fingerprint density at radius 3 is 3.25 bits per heavy atom. The largest absolute Gasteiger partial charge is 0.383 e. The van der Waals surface area contributed by atoms with E-state index in [9.17, 15) is 0 Å². The third-order valence-electron chi connectivity index (χ3n) is 1.86. The maximum absolute atomic E-state index is 3.40. The summed E-state index contributed by atoms with van der Waals surface area (Å²) in [6, 6.07) is 6.62. The number of rotatable bonds is 1. The van der Waals surface area contributed by atoms with E-state index in [0.29, 0.717) is 0 Å². The van der Waals surface area contributed by atoms with Crippen LogP contribution < -0.4 is 5.32 Å². The number of benzene rings is 1. The molecule has 1 aromatic rings. The Morgan fingerprint density at radius 1 is 1.50 bits per heavy atom. The molecule has 0 atom stereocenters. The highest BCUT2D eigenvalue weighted by Gasteiger charge is 2.08. The Labute approximate surface area is 81.3 Å². The Hall–Kier alpha value is -0.280. The molecule has 0 saturated carbocycles. The molecule has 3 heteroatoms. The van der Waals surface area contributed by atoms with E-state index in [1.807, 2.05) is 11.8 Å². The van der Waals surface area contributed by atoms with E-state index in [1.54, 1.807) is 11.8 Å². The Bertz CT molecular complexity index is 286. The first-order chi connectivity index (χ1) is 5.90. The van der Waals surface area contributed by atoms with Crippen LogP contribution in [0.5, 0.6) is 0 Å². The van der Waals surface area contributed by atoms with Crippen molar-refractivity contribution in [3.05, 3.63) is 18.2 Å². The van der Waals surface area contributed by atoms with E-state index in [0.717, 1.165) is 6.54 Å². The lowest BCUT2D eigenvalue weighted by Crippen LogP contribution is -2.09. The van der Waals surface area contributed by atoms with Crippen LogP contribution in [0.4, 0.5) is 5.69 Å². The van der Waals surface area contributed by atoms with Crippen LogP contribution in [-0.4, -0.2) is 18.6 Å². The third-order valence-corrected chi connectivity index (χ3v) is 3.66. The number of hydrogen-bond acceptors (Lipinski definition) is 3. The predicted molar refractivity (Wildman–Crippen MR) is 57.4 cm³/mol. The number of fused-ring (bicyclic) bond motifs is 1. The topological polar surface area (TPSA) is 12.0 Å². The molecule has 0 bridgehead atoms. The van der Waals surface area contributed by atoms with Gasteiger partial charge in [-0.05, 0) is 24.5 Å². The standard InChI is InChI=1S/C9H11NS2/c1-11-7-2-3-9-8(6-7)10-4-5-12-9/h2-3,6,10H,4-5H2,1H3. The predicted octanol–water partition coefficient (Wildman–Crippen LogP) is 2.93. The van der Waals surface area contributed by atoms with Crippen LogP contribution in [0.1, 0.15) is 0 Å². The van der Waals surface area contributed by atoms with Crippen LogP contribution in [0.3, 0.4) is 0 Å². The molecule has 0 unspecified atom stereocenters. The summed E-state index contributed by atoms with van der Waals surface area (Å²) >= 11 is 3.73. The zero-order chi connectivity index (χ0) is 8.39. The molecule has 2 rings (SSSR count). The fraction of sp³-hybridized carbons (Fsp3) is 0.333. The van der Waals surface area contributed by atoms with Gasteiger partial charge in [-0.25, -0.2) is 0 Å². The second-order valence-electron chi connectivity index (χ2n) is 2.64. The van der Waals surface area contributed by atoms with Crippen molar-refractivity contribution in [1.82, 2.24) is 0 Å². The summed E-state index contributed by atoms with van der Waals surface area (Å²) in [6.07, 6.45) is 2.11. The first-order valence-corrected chi connectivity index (χ1v) is 6.16. The van der Waals surface area contributed by atoms with Gasteiger partial charge < -0.3 is 5.32 Å². The molecule has 12 heavy (non-hydrogen) atoms. The molecule has 1 aliphatic heterocycles. The second kappa shape index (κ2) is 3.62. The average molecular weight is 197 g/mol. The van der Waals surface area contributed by atoms with Gasteiger partial charge in [0.15, 0.2) is 0 Å². The van der Waals surface area contributed by atoms with E-state index >= 15 is 0 Å². The van der Waals surface area contributed by atoms with Crippen LogP contribution in [0.15, 0.2) is 28.0 Å². The molecule has 1 nitrogen and oxygen atoms in total. The number of hydrogen-bond donors (Lipinski definition) is 1. The summed E-state index contributed by atoms with van der Waals surface area (Å²) in [5, 5.41) is 3.40. The van der Waals surface area contributed by atoms with Gasteiger partial charge in [-0.3, -0.25) is 0 Å². The van der Waals surface area contributed by atoms with Gasteiger partial charge in [-0.15, -0.1) is 23.5 Å². The molecular weight excluding hydrogens is 186 g/mol. The maximum Gasteiger partial charge on any atom is 0.0489 e. The van der Waals surface area contributed by atoms with Crippen LogP contribution >= 0.6 is 23.5 Å². The molecule has 64 valence electrons. The molecule has 1 heterocycles. The van der Waals surface area contributed by atoms with Crippen molar-refractivity contribution in [3.63, 3.8) is 0 Å². The number of nitrogens with one attached hydrogen (secondary N) is 1. The zero-order valence-corrected chi connectivity index (χ0v) is 8.60. The second-order valence-corrected chi connectivity index (χ2v) is 4.65.